The average molecular weight is 322 g/mol. The van der Waals surface area contributed by atoms with E-state index in [1.54, 1.807) is 45.9 Å². The Kier molecular flexibility index (Phi) is 4.85. The molecule has 1 rings (SSSR count). The zero-order valence-corrected chi connectivity index (χ0v) is 14.9. The van der Waals surface area contributed by atoms with Gasteiger partial charge >= 0.3 is 11.9 Å². The minimum absolute atomic E-state index is 0.436. The molecule has 0 aliphatic rings. The van der Waals surface area contributed by atoms with Crippen LogP contribution in [0, 0.1) is 0 Å². The molecule has 2 N–H and O–H groups in total. The van der Waals surface area contributed by atoms with E-state index in [1.165, 1.54) is 0 Å². The first-order chi connectivity index (χ1) is 10.2. The van der Waals surface area contributed by atoms with Crippen molar-refractivity contribution in [3.8, 4) is 5.75 Å². The van der Waals surface area contributed by atoms with Crippen LogP contribution in [0.4, 0.5) is 0 Å². The zero-order chi connectivity index (χ0) is 18.2. The van der Waals surface area contributed by atoms with Gasteiger partial charge in [0.05, 0.1) is 10.8 Å². The fourth-order valence-corrected chi connectivity index (χ4v) is 2.23. The molecular weight excluding hydrogens is 296 g/mol. The van der Waals surface area contributed by atoms with Gasteiger partial charge in [-0.05, 0) is 71.7 Å². The summed E-state index contributed by atoms with van der Waals surface area (Å²) in [6.45, 7) is 11.9. The highest BCUT2D eigenvalue weighted by atomic mass is 16.5. The molecule has 0 aliphatic carbocycles. The summed E-state index contributed by atoms with van der Waals surface area (Å²) in [5.41, 5.74) is -1.96. The third kappa shape index (κ3) is 4.03. The van der Waals surface area contributed by atoms with Crippen molar-refractivity contribution in [2.45, 2.75) is 64.9 Å². The van der Waals surface area contributed by atoms with E-state index in [2.05, 4.69) is 0 Å². The van der Waals surface area contributed by atoms with Gasteiger partial charge in [-0.25, -0.2) is 0 Å². The molecule has 0 bridgehead atoms. The van der Waals surface area contributed by atoms with Gasteiger partial charge in [0.2, 0.25) is 0 Å². The number of carbonyl (C=O) groups is 2. The molecule has 5 heteroatoms. The quantitative estimate of drug-likeness (QED) is 0.865. The highest BCUT2D eigenvalue weighted by Crippen LogP contribution is 2.37. The van der Waals surface area contributed by atoms with E-state index in [1.807, 2.05) is 20.8 Å². The lowest BCUT2D eigenvalue weighted by molar-refractivity contribution is -0.144. The Hall–Kier alpha value is -2.04. The number of rotatable bonds is 5. The largest absolute Gasteiger partial charge is 0.488 e. The number of ether oxygens (including phenoxy) is 1. The van der Waals surface area contributed by atoms with Crippen LogP contribution in [0.2, 0.25) is 0 Å². The highest BCUT2D eigenvalue weighted by molar-refractivity contribution is 5.85. The molecule has 1 aromatic rings. The fourth-order valence-electron chi connectivity index (χ4n) is 2.23. The van der Waals surface area contributed by atoms with Crippen LogP contribution in [-0.4, -0.2) is 27.8 Å². The summed E-state index contributed by atoms with van der Waals surface area (Å²) in [7, 11) is 0. The van der Waals surface area contributed by atoms with E-state index >= 15 is 0 Å². The SMILES string of the molecule is CC(C)(C)Oc1ccc(C(C)(C)C(=O)O)c(C(C)(C)C(=O)O)c1. The van der Waals surface area contributed by atoms with Crippen molar-refractivity contribution in [2.24, 2.45) is 0 Å². The average Bonchev–Trinajstić information content (AvgIpc) is 2.35. The fraction of sp³-hybridized carbons (Fsp3) is 0.556. The van der Waals surface area contributed by atoms with Crippen LogP contribution >= 0.6 is 0 Å². The Labute approximate surface area is 137 Å². The molecule has 5 nitrogen and oxygen atoms in total. The summed E-state index contributed by atoms with van der Waals surface area (Å²) in [5, 5.41) is 19.1. The molecule has 0 spiro atoms. The van der Waals surface area contributed by atoms with Crippen molar-refractivity contribution in [3.05, 3.63) is 29.3 Å². The Bertz CT molecular complexity index is 621. The Morgan fingerprint density at radius 1 is 0.826 bits per heavy atom. The smallest absolute Gasteiger partial charge is 0.313 e. The van der Waals surface area contributed by atoms with Gasteiger partial charge in [-0.2, -0.15) is 0 Å². The second kappa shape index (κ2) is 5.87. The van der Waals surface area contributed by atoms with Gasteiger partial charge in [0.25, 0.3) is 0 Å². The van der Waals surface area contributed by atoms with E-state index in [-0.39, 0.29) is 0 Å². The lowest BCUT2D eigenvalue weighted by Crippen LogP contribution is -2.36. The molecule has 0 radical (unpaired) electrons. The van der Waals surface area contributed by atoms with E-state index < -0.39 is 28.4 Å². The van der Waals surface area contributed by atoms with E-state index in [9.17, 15) is 19.8 Å². The number of aliphatic carboxylic acids is 2. The summed E-state index contributed by atoms with van der Waals surface area (Å²) in [6, 6.07) is 4.97. The molecule has 0 amide bonds. The second-order valence-electron chi connectivity index (χ2n) is 7.78. The molecule has 0 unspecified atom stereocenters. The molecule has 23 heavy (non-hydrogen) atoms. The number of hydrogen-bond acceptors (Lipinski definition) is 3. The molecule has 0 saturated heterocycles. The second-order valence-corrected chi connectivity index (χ2v) is 7.78. The first-order valence-corrected chi connectivity index (χ1v) is 7.50. The number of carboxylic acid groups (broad SMARTS) is 2. The first-order valence-electron chi connectivity index (χ1n) is 7.50. The van der Waals surface area contributed by atoms with E-state index in [0.717, 1.165) is 0 Å². The van der Waals surface area contributed by atoms with Crippen molar-refractivity contribution in [3.63, 3.8) is 0 Å². The highest BCUT2D eigenvalue weighted by Gasteiger charge is 2.39. The minimum Gasteiger partial charge on any atom is -0.488 e. The third-order valence-corrected chi connectivity index (χ3v) is 3.83. The van der Waals surface area contributed by atoms with Gasteiger partial charge < -0.3 is 14.9 Å². The van der Waals surface area contributed by atoms with Gasteiger partial charge in [-0.15, -0.1) is 0 Å². The molecule has 0 atom stereocenters. The monoisotopic (exact) mass is 322 g/mol. The molecule has 0 fully saturated rings. The van der Waals surface area contributed by atoms with Crippen LogP contribution in [0.5, 0.6) is 5.75 Å². The first kappa shape index (κ1) is 19.0. The predicted octanol–water partition coefficient (Wildman–Crippen LogP) is 3.59. The minimum atomic E-state index is -1.24. The molecule has 0 aliphatic heterocycles. The van der Waals surface area contributed by atoms with Crippen molar-refractivity contribution < 1.29 is 24.5 Å². The van der Waals surface area contributed by atoms with Gasteiger partial charge in [-0.3, -0.25) is 9.59 Å². The Morgan fingerprint density at radius 3 is 1.65 bits per heavy atom. The Balaban J connectivity index is 3.60. The van der Waals surface area contributed by atoms with Crippen LogP contribution < -0.4 is 4.74 Å². The van der Waals surface area contributed by atoms with Crippen molar-refractivity contribution in [2.75, 3.05) is 0 Å². The Morgan fingerprint density at radius 2 is 1.26 bits per heavy atom. The number of hydrogen-bond donors (Lipinski definition) is 2. The molecule has 0 saturated carbocycles. The van der Waals surface area contributed by atoms with Gasteiger partial charge in [-0.1, -0.05) is 6.07 Å². The maximum Gasteiger partial charge on any atom is 0.313 e. The zero-order valence-electron chi connectivity index (χ0n) is 14.9. The summed E-state index contributed by atoms with van der Waals surface area (Å²) >= 11 is 0. The van der Waals surface area contributed by atoms with Crippen LogP contribution in [-0.2, 0) is 20.4 Å². The maximum atomic E-state index is 11.7. The summed E-state index contributed by atoms with van der Waals surface area (Å²) in [4.78, 5) is 23.3. The molecule has 0 aromatic heterocycles. The maximum absolute atomic E-state index is 11.7. The number of carboxylic acids is 2. The van der Waals surface area contributed by atoms with E-state index in [0.29, 0.717) is 16.9 Å². The van der Waals surface area contributed by atoms with Gasteiger partial charge in [0, 0.05) is 0 Å². The topological polar surface area (TPSA) is 83.8 Å². The summed E-state index contributed by atoms with van der Waals surface area (Å²) in [6.07, 6.45) is 0. The summed E-state index contributed by atoms with van der Waals surface area (Å²) in [5.74, 6) is -1.51. The molecule has 128 valence electrons. The standard InChI is InChI=1S/C18H26O5/c1-16(2,3)23-11-8-9-12(17(4,5)14(19)20)13(10-11)18(6,7)15(21)22/h8-10H,1-7H3,(H,19,20)(H,21,22). The predicted molar refractivity (Wildman–Crippen MR) is 88.1 cm³/mol. The molecular formula is C18H26O5. The summed E-state index contributed by atoms with van der Waals surface area (Å²) < 4.78 is 5.81. The van der Waals surface area contributed by atoms with Crippen LogP contribution in [0.15, 0.2) is 18.2 Å². The number of benzene rings is 1. The van der Waals surface area contributed by atoms with Crippen LogP contribution in [0.1, 0.15) is 59.6 Å². The molecule has 0 heterocycles. The van der Waals surface area contributed by atoms with Gasteiger partial charge in [0.1, 0.15) is 11.4 Å². The van der Waals surface area contributed by atoms with E-state index in [4.69, 9.17) is 4.74 Å². The van der Waals surface area contributed by atoms with Crippen LogP contribution in [0.25, 0.3) is 0 Å². The third-order valence-electron chi connectivity index (χ3n) is 3.83. The lowest BCUT2D eigenvalue weighted by Gasteiger charge is -2.31. The lowest BCUT2D eigenvalue weighted by atomic mass is 9.73. The van der Waals surface area contributed by atoms with Crippen molar-refractivity contribution in [1.82, 2.24) is 0 Å². The van der Waals surface area contributed by atoms with Crippen molar-refractivity contribution >= 4 is 11.9 Å². The normalized spacial score (nSPS) is 12.8. The van der Waals surface area contributed by atoms with Crippen LogP contribution in [0.3, 0.4) is 0 Å². The van der Waals surface area contributed by atoms with Crippen molar-refractivity contribution in [1.29, 1.82) is 0 Å². The molecule has 1 aromatic carbocycles. The van der Waals surface area contributed by atoms with Gasteiger partial charge in [0.15, 0.2) is 0 Å².